The van der Waals surface area contributed by atoms with E-state index in [4.69, 9.17) is 11.6 Å². The standard InChI is InChI=1S/C19H30ClN7/c1-7-27(8-2)16-14-13(24-17(20)25-16)15(22-11-21-14)23-12-9-18(3,4)26-19(5,6)10-12/h11-12,26H,7-10H2,1-6H3,(H,21,22,23). The molecule has 27 heavy (non-hydrogen) atoms. The van der Waals surface area contributed by atoms with Gasteiger partial charge in [-0.15, -0.1) is 0 Å². The highest BCUT2D eigenvalue weighted by Gasteiger charge is 2.38. The molecule has 0 aromatic carbocycles. The summed E-state index contributed by atoms with van der Waals surface area (Å²) >= 11 is 6.24. The van der Waals surface area contributed by atoms with Gasteiger partial charge in [0.15, 0.2) is 11.6 Å². The van der Waals surface area contributed by atoms with Gasteiger partial charge in [0, 0.05) is 30.2 Å². The van der Waals surface area contributed by atoms with Gasteiger partial charge in [-0.25, -0.2) is 15.0 Å². The zero-order chi connectivity index (χ0) is 19.8. The highest BCUT2D eigenvalue weighted by atomic mass is 35.5. The Morgan fingerprint density at radius 2 is 1.70 bits per heavy atom. The van der Waals surface area contributed by atoms with E-state index in [-0.39, 0.29) is 22.4 Å². The van der Waals surface area contributed by atoms with E-state index >= 15 is 0 Å². The zero-order valence-corrected chi connectivity index (χ0v) is 17.9. The molecule has 0 spiro atoms. The number of hydrogen-bond donors (Lipinski definition) is 2. The van der Waals surface area contributed by atoms with Crippen LogP contribution in [-0.4, -0.2) is 50.1 Å². The molecule has 1 saturated heterocycles. The van der Waals surface area contributed by atoms with Crippen molar-refractivity contribution in [2.75, 3.05) is 23.3 Å². The molecule has 148 valence electrons. The number of aromatic nitrogens is 4. The van der Waals surface area contributed by atoms with E-state index in [9.17, 15) is 0 Å². The molecule has 1 fully saturated rings. The smallest absolute Gasteiger partial charge is 0.225 e. The summed E-state index contributed by atoms with van der Waals surface area (Å²) in [7, 11) is 0. The fraction of sp³-hybridized carbons (Fsp3) is 0.684. The summed E-state index contributed by atoms with van der Waals surface area (Å²) in [6, 6.07) is 0.278. The highest BCUT2D eigenvalue weighted by Crippen LogP contribution is 2.32. The minimum absolute atomic E-state index is 0.0429. The Morgan fingerprint density at radius 1 is 1.07 bits per heavy atom. The zero-order valence-electron chi connectivity index (χ0n) is 17.1. The summed E-state index contributed by atoms with van der Waals surface area (Å²) in [5, 5.41) is 7.53. The SMILES string of the molecule is CCN(CC)c1nc(Cl)nc2c(NC3CC(C)(C)NC(C)(C)C3)ncnc12. The second-order valence-electron chi connectivity index (χ2n) is 8.55. The monoisotopic (exact) mass is 391 g/mol. The summed E-state index contributed by atoms with van der Waals surface area (Å²) < 4.78 is 0. The molecule has 3 rings (SSSR count). The molecule has 0 unspecified atom stereocenters. The van der Waals surface area contributed by atoms with Crippen molar-refractivity contribution in [2.45, 2.75) is 71.5 Å². The van der Waals surface area contributed by atoms with E-state index in [2.05, 4.69) is 77.0 Å². The topological polar surface area (TPSA) is 78.9 Å². The molecule has 8 heteroatoms. The second-order valence-corrected chi connectivity index (χ2v) is 8.89. The summed E-state index contributed by atoms with van der Waals surface area (Å²) in [6.07, 6.45) is 3.56. The van der Waals surface area contributed by atoms with Gasteiger partial charge < -0.3 is 15.5 Å². The number of hydrogen-bond acceptors (Lipinski definition) is 7. The number of fused-ring (bicyclic) bond motifs is 1. The summed E-state index contributed by atoms with van der Waals surface area (Å²) in [5.41, 5.74) is 1.49. The molecule has 0 amide bonds. The van der Waals surface area contributed by atoms with Gasteiger partial charge in [-0.1, -0.05) is 0 Å². The van der Waals surface area contributed by atoms with Crippen LogP contribution in [-0.2, 0) is 0 Å². The number of halogens is 1. The average molecular weight is 392 g/mol. The van der Waals surface area contributed by atoms with E-state index < -0.39 is 0 Å². The number of rotatable bonds is 5. The van der Waals surface area contributed by atoms with Crippen LogP contribution >= 0.6 is 11.6 Å². The van der Waals surface area contributed by atoms with Crippen molar-refractivity contribution in [3.63, 3.8) is 0 Å². The highest BCUT2D eigenvalue weighted by molar-refractivity contribution is 6.29. The van der Waals surface area contributed by atoms with Crippen LogP contribution in [0, 0.1) is 0 Å². The lowest BCUT2D eigenvalue weighted by Crippen LogP contribution is -2.60. The molecule has 0 aliphatic carbocycles. The molecule has 2 aromatic rings. The molecule has 3 heterocycles. The predicted molar refractivity (Wildman–Crippen MR) is 112 cm³/mol. The van der Waals surface area contributed by atoms with Crippen LogP contribution in [0.1, 0.15) is 54.4 Å². The lowest BCUT2D eigenvalue weighted by atomic mass is 9.79. The largest absolute Gasteiger partial charge is 0.365 e. The van der Waals surface area contributed by atoms with Crippen LogP contribution in [0.15, 0.2) is 6.33 Å². The van der Waals surface area contributed by atoms with Gasteiger partial charge in [0.25, 0.3) is 0 Å². The minimum atomic E-state index is 0.0429. The molecular weight excluding hydrogens is 362 g/mol. The predicted octanol–water partition coefficient (Wildman–Crippen LogP) is 3.64. The van der Waals surface area contributed by atoms with Gasteiger partial charge in [-0.05, 0) is 66.0 Å². The van der Waals surface area contributed by atoms with E-state index in [0.29, 0.717) is 5.52 Å². The number of nitrogens with zero attached hydrogens (tertiary/aromatic N) is 5. The Bertz CT molecular complexity index is 801. The first kappa shape index (κ1) is 20.0. The number of anilines is 2. The normalized spacial score (nSPS) is 19.2. The van der Waals surface area contributed by atoms with E-state index in [1.54, 1.807) is 6.33 Å². The lowest BCUT2D eigenvalue weighted by Gasteiger charge is -2.46. The van der Waals surface area contributed by atoms with Crippen molar-refractivity contribution >= 4 is 34.3 Å². The maximum absolute atomic E-state index is 6.24. The molecule has 2 N–H and O–H groups in total. The number of piperidine rings is 1. The third-order valence-electron chi connectivity index (χ3n) is 5.03. The average Bonchev–Trinajstić information content (AvgIpc) is 2.53. The molecular formula is C19H30ClN7. The first-order valence-electron chi connectivity index (χ1n) is 9.63. The molecule has 0 radical (unpaired) electrons. The van der Waals surface area contributed by atoms with Crippen molar-refractivity contribution in [2.24, 2.45) is 0 Å². The third kappa shape index (κ3) is 4.41. The first-order chi connectivity index (χ1) is 12.6. The molecule has 0 saturated carbocycles. The molecule has 2 aromatic heterocycles. The molecule has 0 bridgehead atoms. The van der Waals surface area contributed by atoms with Crippen LogP contribution in [0.2, 0.25) is 5.28 Å². The van der Waals surface area contributed by atoms with Gasteiger partial charge in [-0.3, -0.25) is 0 Å². The van der Waals surface area contributed by atoms with Crippen LogP contribution in [0.25, 0.3) is 11.0 Å². The third-order valence-corrected chi connectivity index (χ3v) is 5.20. The Labute approximate surface area is 166 Å². The quantitative estimate of drug-likeness (QED) is 0.753. The Hall–Kier alpha value is -1.73. The Balaban J connectivity index is 2.00. The van der Waals surface area contributed by atoms with Gasteiger partial charge in [-0.2, -0.15) is 4.98 Å². The number of nitrogens with one attached hydrogen (secondary N) is 2. The molecule has 1 aliphatic heterocycles. The molecule has 0 atom stereocenters. The Morgan fingerprint density at radius 3 is 2.30 bits per heavy atom. The van der Waals surface area contributed by atoms with Gasteiger partial charge in [0.2, 0.25) is 5.28 Å². The van der Waals surface area contributed by atoms with E-state index in [1.165, 1.54) is 0 Å². The van der Waals surface area contributed by atoms with Crippen LogP contribution in [0.5, 0.6) is 0 Å². The Kier molecular flexibility index (Phi) is 5.45. The summed E-state index contributed by atoms with van der Waals surface area (Å²) in [4.78, 5) is 19.9. The van der Waals surface area contributed by atoms with E-state index in [1.807, 2.05) is 0 Å². The van der Waals surface area contributed by atoms with Crippen molar-refractivity contribution in [1.29, 1.82) is 0 Å². The lowest BCUT2D eigenvalue weighted by molar-refractivity contribution is 0.170. The van der Waals surface area contributed by atoms with Crippen LogP contribution in [0.4, 0.5) is 11.6 Å². The summed E-state index contributed by atoms with van der Waals surface area (Å²) in [5.74, 6) is 1.47. The second kappa shape index (κ2) is 7.36. The van der Waals surface area contributed by atoms with Crippen LogP contribution in [0.3, 0.4) is 0 Å². The van der Waals surface area contributed by atoms with E-state index in [0.717, 1.165) is 43.1 Å². The minimum Gasteiger partial charge on any atom is -0.365 e. The fourth-order valence-electron chi connectivity index (χ4n) is 4.37. The van der Waals surface area contributed by atoms with Gasteiger partial charge in [0.1, 0.15) is 17.4 Å². The fourth-order valence-corrected chi connectivity index (χ4v) is 4.54. The maximum Gasteiger partial charge on any atom is 0.225 e. The van der Waals surface area contributed by atoms with Gasteiger partial charge >= 0.3 is 0 Å². The molecule has 7 nitrogen and oxygen atoms in total. The van der Waals surface area contributed by atoms with Gasteiger partial charge in [0.05, 0.1) is 0 Å². The van der Waals surface area contributed by atoms with Crippen molar-refractivity contribution in [3.8, 4) is 0 Å². The van der Waals surface area contributed by atoms with Crippen molar-refractivity contribution in [3.05, 3.63) is 11.6 Å². The molecule has 1 aliphatic rings. The van der Waals surface area contributed by atoms with Crippen molar-refractivity contribution in [1.82, 2.24) is 25.3 Å². The van der Waals surface area contributed by atoms with Crippen LogP contribution < -0.4 is 15.5 Å². The maximum atomic E-state index is 6.24. The summed E-state index contributed by atoms with van der Waals surface area (Å²) in [6.45, 7) is 14.8. The van der Waals surface area contributed by atoms with Crippen molar-refractivity contribution < 1.29 is 0 Å². The first-order valence-corrected chi connectivity index (χ1v) is 10.0.